The summed E-state index contributed by atoms with van der Waals surface area (Å²) in [5.41, 5.74) is 4.15. The molecule has 0 bridgehead atoms. The lowest BCUT2D eigenvalue weighted by atomic mass is 10.1. The molecule has 0 spiro atoms. The molecule has 0 atom stereocenters. The van der Waals surface area contributed by atoms with E-state index in [4.69, 9.17) is 0 Å². The summed E-state index contributed by atoms with van der Waals surface area (Å²) >= 11 is 0. The van der Waals surface area contributed by atoms with Crippen LogP contribution in [0.2, 0.25) is 0 Å². The molecule has 3 heterocycles. The third-order valence-corrected chi connectivity index (χ3v) is 4.72. The normalized spacial score (nSPS) is 14.4. The SMILES string of the molecule is Cc1ccncc1N1CCN(c2cn(C)c3cccc(C#N)c23)C1=O. The average molecular weight is 331 g/mol. The van der Waals surface area contributed by atoms with Crippen LogP contribution in [0.4, 0.5) is 16.2 Å². The molecule has 1 aliphatic heterocycles. The van der Waals surface area contributed by atoms with Crippen LogP contribution in [-0.4, -0.2) is 28.7 Å². The van der Waals surface area contributed by atoms with Gasteiger partial charge in [-0.2, -0.15) is 5.26 Å². The second-order valence-corrected chi connectivity index (χ2v) is 6.18. The van der Waals surface area contributed by atoms with Crippen molar-refractivity contribution in [2.45, 2.75) is 6.92 Å². The van der Waals surface area contributed by atoms with Gasteiger partial charge in [0.15, 0.2) is 0 Å². The van der Waals surface area contributed by atoms with Crippen LogP contribution in [-0.2, 0) is 7.05 Å². The molecule has 124 valence electrons. The molecule has 1 fully saturated rings. The molecule has 4 rings (SSSR count). The number of pyridine rings is 1. The number of rotatable bonds is 2. The van der Waals surface area contributed by atoms with Crippen molar-refractivity contribution in [1.82, 2.24) is 9.55 Å². The first-order valence-electron chi connectivity index (χ1n) is 8.09. The van der Waals surface area contributed by atoms with E-state index in [0.717, 1.165) is 27.8 Å². The third-order valence-electron chi connectivity index (χ3n) is 4.72. The van der Waals surface area contributed by atoms with Crippen LogP contribution < -0.4 is 9.80 Å². The van der Waals surface area contributed by atoms with E-state index >= 15 is 0 Å². The lowest BCUT2D eigenvalue weighted by molar-refractivity contribution is 0.256. The summed E-state index contributed by atoms with van der Waals surface area (Å²) in [7, 11) is 1.93. The number of anilines is 2. The summed E-state index contributed by atoms with van der Waals surface area (Å²) in [5.74, 6) is 0. The smallest absolute Gasteiger partial charge is 0.329 e. The number of amides is 2. The van der Waals surface area contributed by atoms with Gasteiger partial charge in [0.1, 0.15) is 0 Å². The van der Waals surface area contributed by atoms with E-state index in [9.17, 15) is 10.1 Å². The van der Waals surface area contributed by atoms with Crippen LogP contribution >= 0.6 is 0 Å². The molecule has 2 aromatic heterocycles. The van der Waals surface area contributed by atoms with Gasteiger partial charge in [0.2, 0.25) is 0 Å². The highest BCUT2D eigenvalue weighted by molar-refractivity contribution is 6.12. The van der Waals surface area contributed by atoms with E-state index in [1.165, 1.54) is 0 Å². The van der Waals surface area contributed by atoms with Gasteiger partial charge in [-0.25, -0.2) is 4.79 Å². The topological polar surface area (TPSA) is 65.2 Å². The quantitative estimate of drug-likeness (QED) is 0.724. The van der Waals surface area contributed by atoms with Crippen LogP contribution in [0.1, 0.15) is 11.1 Å². The van der Waals surface area contributed by atoms with Crippen molar-refractivity contribution in [3.63, 3.8) is 0 Å². The lowest BCUT2D eigenvalue weighted by Gasteiger charge is -2.19. The number of nitriles is 1. The summed E-state index contributed by atoms with van der Waals surface area (Å²) in [6.07, 6.45) is 5.37. The number of carbonyl (C=O) groups excluding carboxylic acids is 1. The van der Waals surface area contributed by atoms with Gasteiger partial charge < -0.3 is 4.57 Å². The highest BCUT2D eigenvalue weighted by Gasteiger charge is 2.33. The van der Waals surface area contributed by atoms with Crippen molar-refractivity contribution < 1.29 is 4.79 Å². The fraction of sp³-hybridized carbons (Fsp3) is 0.211. The Labute approximate surface area is 145 Å². The Morgan fingerprint density at radius 1 is 1.16 bits per heavy atom. The maximum atomic E-state index is 13.0. The standard InChI is InChI=1S/C19H17N5O/c1-13-6-7-21-11-16(13)23-8-9-24(19(23)25)17-12-22(2)15-5-3-4-14(10-20)18(15)17/h3-7,11-12H,8-9H2,1-2H3. The number of benzene rings is 1. The Hall–Kier alpha value is -3.33. The summed E-state index contributed by atoms with van der Waals surface area (Å²) < 4.78 is 1.96. The second-order valence-electron chi connectivity index (χ2n) is 6.18. The molecular weight excluding hydrogens is 314 g/mol. The van der Waals surface area contributed by atoms with Gasteiger partial charge in [-0.15, -0.1) is 0 Å². The number of fused-ring (bicyclic) bond motifs is 1. The molecule has 0 saturated carbocycles. The molecule has 0 N–H and O–H groups in total. The first kappa shape index (κ1) is 15.2. The zero-order chi connectivity index (χ0) is 17.6. The van der Waals surface area contributed by atoms with Crippen LogP contribution in [0.25, 0.3) is 10.9 Å². The highest BCUT2D eigenvalue weighted by Crippen LogP contribution is 2.34. The van der Waals surface area contributed by atoms with Crippen LogP contribution in [0, 0.1) is 18.3 Å². The summed E-state index contributed by atoms with van der Waals surface area (Å²) in [6, 6.07) is 9.66. The molecule has 1 aliphatic rings. The van der Waals surface area contributed by atoms with Crippen molar-refractivity contribution in [1.29, 1.82) is 5.26 Å². The molecule has 1 saturated heterocycles. The maximum absolute atomic E-state index is 13.0. The van der Waals surface area contributed by atoms with E-state index in [1.807, 2.05) is 42.9 Å². The number of nitrogens with zero attached hydrogens (tertiary/aromatic N) is 5. The van der Waals surface area contributed by atoms with E-state index in [-0.39, 0.29) is 6.03 Å². The van der Waals surface area contributed by atoms with Gasteiger partial charge in [0.05, 0.1) is 34.7 Å². The van der Waals surface area contributed by atoms with Gasteiger partial charge in [-0.1, -0.05) is 6.07 Å². The van der Waals surface area contributed by atoms with Crippen LogP contribution in [0.15, 0.2) is 42.9 Å². The largest absolute Gasteiger partial charge is 0.348 e. The number of carbonyl (C=O) groups is 1. The number of aromatic nitrogens is 2. The van der Waals surface area contributed by atoms with Crippen molar-refractivity contribution >= 4 is 28.3 Å². The number of aryl methyl sites for hydroxylation is 2. The van der Waals surface area contributed by atoms with Gasteiger partial charge in [0.25, 0.3) is 0 Å². The Bertz CT molecular complexity index is 1030. The summed E-state index contributed by atoms with van der Waals surface area (Å²) in [4.78, 5) is 20.7. The molecular formula is C19H17N5O. The minimum absolute atomic E-state index is 0.0867. The van der Waals surface area contributed by atoms with Crippen molar-refractivity contribution in [2.24, 2.45) is 7.05 Å². The van der Waals surface area contributed by atoms with Crippen molar-refractivity contribution in [2.75, 3.05) is 22.9 Å². The molecule has 1 aromatic carbocycles. The first-order valence-corrected chi connectivity index (χ1v) is 8.09. The summed E-state index contributed by atoms with van der Waals surface area (Å²) in [6.45, 7) is 3.14. The fourth-order valence-electron chi connectivity index (χ4n) is 3.44. The van der Waals surface area contributed by atoms with Crippen LogP contribution in [0.5, 0.6) is 0 Å². The minimum atomic E-state index is -0.0867. The Balaban J connectivity index is 1.80. The number of hydrogen-bond acceptors (Lipinski definition) is 3. The average Bonchev–Trinajstić information content (AvgIpc) is 3.16. The van der Waals surface area contributed by atoms with Crippen LogP contribution in [0.3, 0.4) is 0 Å². The molecule has 0 unspecified atom stereocenters. The fourth-order valence-corrected chi connectivity index (χ4v) is 3.44. The first-order chi connectivity index (χ1) is 12.1. The van der Waals surface area contributed by atoms with Gasteiger partial charge in [-0.05, 0) is 30.7 Å². The molecule has 0 radical (unpaired) electrons. The second kappa shape index (κ2) is 5.64. The van der Waals surface area contributed by atoms with Gasteiger partial charge >= 0.3 is 6.03 Å². The zero-order valence-electron chi connectivity index (χ0n) is 14.1. The molecule has 2 amide bonds. The minimum Gasteiger partial charge on any atom is -0.348 e. The van der Waals surface area contributed by atoms with E-state index in [1.54, 1.807) is 28.3 Å². The maximum Gasteiger partial charge on any atom is 0.329 e. The zero-order valence-corrected chi connectivity index (χ0v) is 14.1. The van der Waals surface area contributed by atoms with E-state index in [0.29, 0.717) is 18.7 Å². The molecule has 6 nitrogen and oxygen atoms in total. The predicted molar refractivity (Wildman–Crippen MR) is 96.7 cm³/mol. The lowest BCUT2D eigenvalue weighted by Crippen LogP contribution is -2.32. The predicted octanol–water partition coefficient (Wildman–Crippen LogP) is 3.20. The van der Waals surface area contributed by atoms with Crippen molar-refractivity contribution in [3.8, 4) is 6.07 Å². The number of urea groups is 1. The highest BCUT2D eigenvalue weighted by atomic mass is 16.2. The van der Waals surface area contributed by atoms with E-state index < -0.39 is 0 Å². The Morgan fingerprint density at radius 2 is 1.92 bits per heavy atom. The van der Waals surface area contributed by atoms with E-state index in [2.05, 4.69) is 11.1 Å². The third kappa shape index (κ3) is 2.24. The Morgan fingerprint density at radius 3 is 2.64 bits per heavy atom. The molecule has 0 aliphatic carbocycles. The Kier molecular flexibility index (Phi) is 3.43. The molecule has 3 aromatic rings. The van der Waals surface area contributed by atoms with Gasteiger partial charge in [0, 0.05) is 37.9 Å². The summed E-state index contributed by atoms with van der Waals surface area (Å²) in [5, 5.41) is 10.3. The van der Waals surface area contributed by atoms with Crippen molar-refractivity contribution in [3.05, 3.63) is 54.0 Å². The molecule has 25 heavy (non-hydrogen) atoms. The monoisotopic (exact) mass is 331 g/mol. The number of hydrogen-bond donors (Lipinski definition) is 0. The van der Waals surface area contributed by atoms with Gasteiger partial charge in [-0.3, -0.25) is 14.8 Å². The molecule has 6 heteroatoms.